The second-order valence-corrected chi connectivity index (χ2v) is 9.11. The molecule has 9 nitrogen and oxygen atoms in total. The molecule has 0 saturated heterocycles. The molecule has 0 radical (unpaired) electrons. The maximum Gasteiger partial charge on any atom is 0.316 e. The molecule has 1 N–H and O–H groups in total. The minimum Gasteiger partial charge on any atom is -0.468 e. The number of anilines is 2. The number of rotatable bonds is 8. The second-order valence-electron chi connectivity index (χ2n) is 5.01. The van der Waals surface area contributed by atoms with Crippen molar-refractivity contribution in [3.8, 4) is 0 Å². The van der Waals surface area contributed by atoms with Crippen LogP contribution in [0.15, 0.2) is 28.6 Å². The van der Waals surface area contributed by atoms with Gasteiger partial charge in [-0.1, -0.05) is 35.2 Å². The monoisotopic (exact) mass is 434 g/mol. The number of halogens is 1. The molecule has 1 aromatic carbocycles. The van der Waals surface area contributed by atoms with Gasteiger partial charge in [0.15, 0.2) is 4.34 Å². The maximum atomic E-state index is 13.9. The van der Waals surface area contributed by atoms with Crippen LogP contribution >= 0.6 is 23.1 Å². The molecule has 1 amide bonds. The fourth-order valence-corrected chi connectivity index (χ4v) is 4.28. The van der Waals surface area contributed by atoms with Crippen LogP contribution in [-0.4, -0.2) is 56.2 Å². The Labute approximate surface area is 163 Å². The van der Waals surface area contributed by atoms with Crippen LogP contribution in [0.25, 0.3) is 0 Å². The van der Waals surface area contributed by atoms with Gasteiger partial charge in [-0.2, -0.15) is 0 Å². The molecule has 0 unspecified atom stereocenters. The molecule has 0 bridgehead atoms. The predicted octanol–water partition coefficient (Wildman–Crippen LogP) is 1.35. The molecule has 0 saturated carbocycles. The average molecular weight is 434 g/mol. The number of carbonyl (C=O) groups excluding carboxylic acids is 2. The molecule has 0 spiro atoms. The van der Waals surface area contributed by atoms with Crippen LogP contribution in [-0.2, 0) is 24.3 Å². The number of aromatic nitrogens is 2. The number of para-hydroxylation sites is 1. The van der Waals surface area contributed by atoms with Crippen molar-refractivity contribution in [1.29, 1.82) is 0 Å². The summed E-state index contributed by atoms with van der Waals surface area (Å²) in [7, 11) is -2.64. The number of benzene rings is 1. The SMILES string of the molecule is COC(=O)CSc1nnc(NC(=O)CN(c2ccccc2F)S(C)(=O)=O)s1. The highest BCUT2D eigenvalue weighted by Gasteiger charge is 2.24. The van der Waals surface area contributed by atoms with E-state index in [-0.39, 0.29) is 16.6 Å². The largest absolute Gasteiger partial charge is 0.468 e. The molecule has 0 atom stereocenters. The van der Waals surface area contributed by atoms with E-state index in [0.717, 1.165) is 35.4 Å². The summed E-state index contributed by atoms with van der Waals surface area (Å²) in [6.45, 7) is -0.635. The first-order valence-corrected chi connectivity index (χ1v) is 10.9. The predicted molar refractivity (Wildman–Crippen MR) is 99.9 cm³/mol. The second kappa shape index (κ2) is 9.10. The van der Waals surface area contributed by atoms with E-state index in [1.54, 1.807) is 0 Å². The van der Waals surface area contributed by atoms with Gasteiger partial charge in [-0.05, 0) is 12.1 Å². The van der Waals surface area contributed by atoms with E-state index >= 15 is 0 Å². The molecule has 0 fully saturated rings. The van der Waals surface area contributed by atoms with E-state index in [9.17, 15) is 22.4 Å². The third-order valence-corrected chi connectivity index (χ3v) is 6.07. The molecule has 2 rings (SSSR count). The van der Waals surface area contributed by atoms with Gasteiger partial charge in [0.05, 0.1) is 24.8 Å². The van der Waals surface area contributed by atoms with Crippen LogP contribution in [0.5, 0.6) is 0 Å². The number of hydrogen-bond donors (Lipinski definition) is 1. The lowest BCUT2D eigenvalue weighted by atomic mass is 10.3. The van der Waals surface area contributed by atoms with Gasteiger partial charge >= 0.3 is 5.97 Å². The molecule has 1 aromatic heterocycles. The van der Waals surface area contributed by atoms with Crippen LogP contribution in [0.2, 0.25) is 0 Å². The summed E-state index contributed by atoms with van der Waals surface area (Å²) in [6.07, 6.45) is 0.874. The number of amides is 1. The highest BCUT2D eigenvalue weighted by molar-refractivity contribution is 8.01. The van der Waals surface area contributed by atoms with Crippen molar-refractivity contribution in [1.82, 2.24) is 10.2 Å². The number of carbonyl (C=O) groups is 2. The van der Waals surface area contributed by atoms with Gasteiger partial charge in [0.25, 0.3) is 0 Å². The topological polar surface area (TPSA) is 119 Å². The molecule has 0 aliphatic rings. The Morgan fingerprint density at radius 3 is 2.67 bits per heavy atom. The normalized spacial score (nSPS) is 11.1. The standard InChI is InChI=1S/C14H15FN4O5S3/c1-24-12(21)8-25-14-18-17-13(26-14)16-11(20)7-19(27(2,22)23)10-6-4-3-5-9(10)15/h3-6H,7-8H2,1-2H3,(H,16,17,20). The number of nitrogens with zero attached hydrogens (tertiary/aromatic N) is 3. The highest BCUT2D eigenvalue weighted by Crippen LogP contribution is 2.26. The lowest BCUT2D eigenvalue weighted by molar-refractivity contribution is -0.137. The minimum absolute atomic E-state index is 0.0359. The van der Waals surface area contributed by atoms with Crippen molar-refractivity contribution in [3.05, 3.63) is 30.1 Å². The highest BCUT2D eigenvalue weighted by atomic mass is 32.2. The molecular formula is C14H15FN4O5S3. The van der Waals surface area contributed by atoms with Gasteiger partial charge in [0, 0.05) is 0 Å². The Kier molecular flexibility index (Phi) is 7.10. The van der Waals surface area contributed by atoms with E-state index in [2.05, 4.69) is 20.3 Å². The Morgan fingerprint density at radius 2 is 2.04 bits per heavy atom. The smallest absolute Gasteiger partial charge is 0.316 e. The van der Waals surface area contributed by atoms with Crippen molar-refractivity contribution >= 4 is 55.8 Å². The van der Waals surface area contributed by atoms with Gasteiger partial charge < -0.3 is 4.74 Å². The van der Waals surface area contributed by atoms with E-state index in [4.69, 9.17) is 0 Å². The quantitative estimate of drug-likeness (QED) is 0.376. The van der Waals surface area contributed by atoms with Crippen LogP contribution in [0, 0.1) is 5.82 Å². The summed E-state index contributed by atoms with van der Waals surface area (Å²) < 4.78 is 43.4. The number of ether oxygens (including phenoxy) is 1. The van der Waals surface area contributed by atoms with Crippen LogP contribution < -0.4 is 9.62 Å². The molecule has 0 aliphatic heterocycles. The summed E-state index contributed by atoms with van der Waals surface area (Å²) in [5.41, 5.74) is -0.235. The Balaban J connectivity index is 2.06. The fourth-order valence-electron chi connectivity index (χ4n) is 1.82. The average Bonchev–Trinajstić information content (AvgIpc) is 3.04. The van der Waals surface area contributed by atoms with Crippen molar-refractivity contribution in [2.75, 3.05) is 35.3 Å². The van der Waals surface area contributed by atoms with Gasteiger partial charge in [-0.25, -0.2) is 12.8 Å². The lowest BCUT2D eigenvalue weighted by Gasteiger charge is -2.21. The van der Waals surface area contributed by atoms with E-state index in [0.29, 0.717) is 8.64 Å². The number of thioether (sulfide) groups is 1. The van der Waals surface area contributed by atoms with Crippen molar-refractivity contribution in [2.24, 2.45) is 0 Å². The van der Waals surface area contributed by atoms with Gasteiger partial charge in [-0.3, -0.25) is 19.2 Å². The first-order valence-electron chi connectivity index (χ1n) is 7.26. The number of esters is 1. The Hall–Kier alpha value is -2.25. The Morgan fingerprint density at radius 1 is 1.33 bits per heavy atom. The van der Waals surface area contributed by atoms with Gasteiger partial charge in [-0.15, -0.1) is 10.2 Å². The number of methoxy groups -OCH3 is 1. The zero-order valence-corrected chi connectivity index (χ0v) is 16.7. The number of hydrogen-bond acceptors (Lipinski definition) is 9. The minimum atomic E-state index is -3.90. The number of sulfonamides is 1. The summed E-state index contributed by atoms with van der Waals surface area (Å²) in [6, 6.07) is 5.23. The zero-order chi connectivity index (χ0) is 20.0. The molecule has 0 aliphatic carbocycles. The lowest BCUT2D eigenvalue weighted by Crippen LogP contribution is -2.38. The zero-order valence-electron chi connectivity index (χ0n) is 14.2. The molecule has 13 heteroatoms. The molecule has 27 heavy (non-hydrogen) atoms. The third-order valence-electron chi connectivity index (χ3n) is 3.00. The molecule has 146 valence electrons. The van der Waals surface area contributed by atoms with E-state index in [1.807, 2.05) is 0 Å². The maximum absolute atomic E-state index is 13.9. The van der Waals surface area contributed by atoms with Crippen molar-refractivity contribution in [2.45, 2.75) is 4.34 Å². The third kappa shape index (κ3) is 6.15. The van der Waals surface area contributed by atoms with Crippen LogP contribution in [0.4, 0.5) is 15.2 Å². The molecular weight excluding hydrogens is 419 g/mol. The van der Waals surface area contributed by atoms with Crippen molar-refractivity contribution in [3.63, 3.8) is 0 Å². The van der Waals surface area contributed by atoms with E-state index < -0.39 is 34.3 Å². The van der Waals surface area contributed by atoms with Gasteiger partial charge in [0.2, 0.25) is 21.1 Å². The Bertz CT molecular complexity index is 934. The van der Waals surface area contributed by atoms with Crippen molar-refractivity contribution < 1.29 is 27.1 Å². The van der Waals surface area contributed by atoms with Gasteiger partial charge in [0.1, 0.15) is 12.4 Å². The first-order chi connectivity index (χ1) is 12.7. The fraction of sp³-hybridized carbons (Fsp3) is 0.286. The summed E-state index contributed by atoms with van der Waals surface area (Å²) >= 11 is 2.09. The molecule has 2 aromatic rings. The van der Waals surface area contributed by atoms with Crippen LogP contribution in [0.3, 0.4) is 0 Å². The molecule has 1 heterocycles. The summed E-state index contributed by atoms with van der Waals surface area (Å²) in [4.78, 5) is 23.3. The summed E-state index contributed by atoms with van der Waals surface area (Å²) in [5, 5.41) is 10.1. The van der Waals surface area contributed by atoms with Crippen LogP contribution in [0.1, 0.15) is 0 Å². The number of nitrogens with one attached hydrogen (secondary N) is 1. The van der Waals surface area contributed by atoms with E-state index in [1.165, 1.54) is 25.3 Å². The first kappa shape index (κ1) is 21.1. The summed E-state index contributed by atoms with van der Waals surface area (Å²) in [5.74, 6) is -1.89.